The van der Waals surface area contributed by atoms with Crippen molar-refractivity contribution in [1.29, 1.82) is 0 Å². The van der Waals surface area contributed by atoms with Gasteiger partial charge in [0.2, 0.25) is 0 Å². The molecule has 0 aliphatic carbocycles. The van der Waals surface area contributed by atoms with Crippen LogP contribution in [0.5, 0.6) is 0 Å². The Morgan fingerprint density at radius 2 is 1.94 bits per heavy atom. The standard InChI is InChI=1S/C13H15F2NS/c1-3-6-16-7-11-8(2)12-9(14)4-5-10(15)13(12)17-11/h4-5,16H,3,6-7H2,1-2H3. The normalized spacial score (nSPS) is 11.3. The summed E-state index contributed by atoms with van der Waals surface area (Å²) in [4.78, 5) is 1.01. The number of thiophene rings is 1. The molecule has 1 N–H and O–H groups in total. The van der Waals surface area contributed by atoms with E-state index in [0.717, 1.165) is 23.4 Å². The number of hydrogen-bond acceptors (Lipinski definition) is 2. The van der Waals surface area contributed by atoms with Gasteiger partial charge in [0.05, 0.1) is 4.70 Å². The topological polar surface area (TPSA) is 12.0 Å². The lowest BCUT2D eigenvalue weighted by Crippen LogP contribution is -2.13. The van der Waals surface area contributed by atoms with E-state index in [4.69, 9.17) is 0 Å². The zero-order valence-corrected chi connectivity index (χ0v) is 10.8. The minimum Gasteiger partial charge on any atom is -0.312 e. The molecule has 92 valence electrons. The molecule has 17 heavy (non-hydrogen) atoms. The van der Waals surface area contributed by atoms with Gasteiger partial charge in [-0.05, 0) is 37.6 Å². The maximum absolute atomic E-state index is 13.6. The van der Waals surface area contributed by atoms with Gasteiger partial charge in [0, 0.05) is 16.8 Å². The summed E-state index contributed by atoms with van der Waals surface area (Å²) in [5.74, 6) is -0.673. The molecule has 0 unspecified atom stereocenters. The predicted molar refractivity (Wildman–Crippen MR) is 68.5 cm³/mol. The summed E-state index contributed by atoms with van der Waals surface area (Å²) in [6, 6.07) is 2.39. The zero-order valence-electron chi connectivity index (χ0n) is 9.94. The molecule has 0 bridgehead atoms. The second kappa shape index (κ2) is 5.10. The molecule has 0 aliphatic heterocycles. The van der Waals surface area contributed by atoms with Crippen LogP contribution in [0.15, 0.2) is 12.1 Å². The van der Waals surface area contributed by atoms with E-state index in [0.29, 0.717) is 16.6 Å². The molecular weight excluding hydrogens is 240 g/mol. The largest absolute Gasteiger partial charge is 0.312 e. The van der Waals surface area contributed by atoms with E-state index >= 15 is 0 Å². The average molecular weight is 255 g/mol. The second-order valence-corrected chi connectivity index (χ2v) is 5.17. The summed E-state index contributed by atoms with van der Waals surface area (Å²) in [5.41, 5.74) is 0.852. The molecule has 1 aromatic heterocycles. The predicted octanol–water partition coefficient (Wildman–Crippen LogP) is 3.99. The zero-order chi connectivity index (χ0) is 12.4. The van der Waals surface area contributed by atoms with Gasteiger partial charge in [-0.15, -0.1) is 11.3 Å². The molecule has 2 rings (SSSR count). The first kappa shape index (κ1) is 12.5. The van der Waals surface area contributed by atoms with Crippen LogP contribution in [-0.2, 0) is 6.54 Å². The fourth-order valence-electron chi connectivity index (χ4n) is 1.87. The van der Waals surface area contributed by atoms with Gasteiger partial charge in [0.25, 0.3) is 0 Å². The number of halogens is 2. The molecule has 4 heteroatoms. The molecule has 0 fully saturated rings. The lowest BCUT2D eigenvalue weighted by Gasteiger charge is -2.01. The van der Waals surface area contributed by atoms with E-state index in [1.807, 2.05) is 6.92 Å². The number of rotatable bonds is 4. The van der Waals surface area contributed by atoms with Crippen molar-refractivity contribution in [3.05, 3.63) is 34.2 Å². The molecular formula is C13H15F2NS. The Balaban J connectivity index is 2.42. The molecule has 0 radical (unpaired) electrons. The van der Waals surface area contributed by atoms with Crippen molar-refractivity contribution >= 4 is 21.4 Å². The minimum absolute atomic E-state index is 0.336. The highest BCUT2D eigenvalue weighted by Gasteiger charge is 2.15. The minimum atomic E-state index is -0.337. The first-order chi connectivity index (χ1) is 8.15. The Labute approximate surface area is 103 Å². The fourth-order valence-corrected chi connectivity index (χ4v) is 3.06. The SMILES string of the molecule is CCCNCc1sc2c(F)ccc(F)c2c1C. The van der Waals surface area contributed by atoms with Gasteiger partial charge >= 0.3 is 0 Å². The highest BCUT2D eigenvalue weighted by atomic mass is 32.1. The fraction of sp³-hybridized carbons (Fsp3) is 0.385. The monoisotopic (exact) mass is 255 g/mol. The van der Waals surface area contributed by atoms with Gasteiger partial charge in [-0.1, -0.05) is 6.92 Å². The van der Waals surface area contributed by atoms with Crippen LogP contribution in [0, 0.1) is 18.6 Å². The van der Waals surface area contributed by atoms with E-state index in [9.17, 15) is 8.78 Å². The molecule has 0 spiro atoms. The number of benzene rings is 1. The quantitative estimate of drug-likeness (QED) is 0.815. The third-order valence-electron chi connectivity index (χ3n) is 2.79. The summed E-state index contributed by atoms with van der Waals surface area (Å²) in [5, 5.41) is 3.69. The summed E-state index contributed by atoms with van der Waals surface area (Å²) in [6.45, 7) is 5.53. The lowest BCUT2D eigenvalue weighted by molar-refractivity contribution is 0.619. The Morgan fingerprint density at radius 3 is 2.59 bits per heavy atom. The van der Waals surface area contributed by atoms with E-state index in [2.05, 4.69) is 12.2 Å². The van der Waals surface area contributed by atoms with Crippen LogP contribution in [0.1, 0.15) is 23.8 Å². The van der Waals surface area contributed by atoms with Crippen molar-refractivity contribution < 1.29 is 8.78 Å². The number of nitrogens with one attached hydrogen (secondary N) is 1. The van der Waals surface area contributed by atoms with Crippen molar-refractivity contribution in [2.75, 3.05) is 6.54 Å². The van der Waals surface area contributed by atoms with Gasteiger partial charge in [-0.2, -0.15) is 0 Å². The van der Waals surface area contributed by atoms with Crippen molar-refractivity contribution in [2.45, 2.75) is 26.8 Å². The van der Waals surface area contributed by atoms with Crippen LogP contribution in [-0.4, -0.2) is 6.54 Å². The Bertz CT molecular complexity index is 534. The molecule has 1 nitrogen and oxygen atoms in total. The Morgan fingerprint density at radius 1 is 1.24 bits per heavy atom. The second-order valence-electron chi connectivity index (χ2n) is 4.06. The maximum atomic E-state index is 13.6. The summed E-state index contributed by atoms with van der Waals surface area (Å²) in [7, 11) is 0. The molecule has 1 heterocycles. The number of aryl methyl sites for hydroxylation is 1. The first-order valence-electron chi connectivity index (χ1n) is 5.71. The highest BCUT2D eigenvalue weighted by Crippen LogP contribution is 2.34. The third-order valence-corrected chi connectivity index (χ3v) is 4.09. The third kappa shape index (κ3) is 2.33. The van der Waals surface area contributed by atoms with Crippen LogP contribution in [0.4, 0.5) is 8.78 Å². The molecule has 0 saturated carbocycles. The molecule has 1 aromatic carbocycles. The Kier molecular flexibility index (Phi) is 3.74. The molecule has 2 aromatic rings. The van der Waals surface area contributed by atoms with Crippen LogP contribution >= 0.6 is 11.3 Å². The van der Waals surface area contributed by atoms with E-state index in [-0.39, 0.29) is 11.6 Å². The summed E-state index contributed by atoms with van der Waals surface area (Å²) < 4.78 is 27.6. The van der Waals surface area contributed by atoms with Gasteiger partial charge in [-0.3, -0.25) is 0 Å². The van der Waals surface area contributed by atoms with Gasteiger partial charge in [-0.25, -0.2) is 8.78 Å². The Hall–Kier alpha value is -1.00. The van der Waals surface area contributed by atoms with Gasteiger partial charge in [0.1, 0.15) is 11.6 Å². The average Bonchev–Trinajstić information content (AvgIpc) is 2.64. The molecule has 0 amide bonds. The smallest absolute Gasteiger partial charge is 0.141 e. The van der Waals surface area contributed by atoms with Crippen LogP contribution < -0.4 is 5.32 Å². The van der Waals surface area contributed by atoms with Gasteiger partial charge < -0.3 is 5.32 Å². The maximum Gasteiger partial charge on any atom is 0.141 e. The summed E-state index contributed by atoms with van der Waals surface area (Å²) >= 11 is 1.34. The van der Waals surface area contributed by atoms with Crippen LogP contribution in [0.25, 0.3) is 10.1 Å². The van der Waals surface area contributed by atoms with E-state index in [1.54, 1.807) is 0 Å². The van der Waals surface area contributed by atoms with E-state index in [1.165, 1.54) is 23.5 Å². The van der Waals surface area contributed by atoms with Crippen LogP contribution in [0.2, 0.25) is 0 Å². The van der Waals surface area contributed by atoms with Crippen LogP contribution in [0.3, 0.4) is 0 Å². The molecule has 0 atom stereocenters. The highest BCUT2D eigenvalue weighted by molar-refractivity contribution is 7.19. The number of hydrogen-bond donors (Lipinski definition) is 1. The first-order valence-corrected chi connectivity index (χ1v) is 6.53. The van der Waals surface area contributed by atoms with Crippen molar-refractivity contribution in [2.24, 2.45) is 0 Å². The number of fused-ring (bicyclic) bond motifs is 1. The van der Waals surface area contributed by atoms with E-state index < -0.39 is 0 Å². The van der Waals surface area contributed by atoms with Crippen molar-refractivity contribution in [3.63, 3.8) is 0 Å². The summed E-state index contributed by atoms with van der Waals surface area (Å²) in [6.07, 6.45) is 1.05. The van der Waals surface area contributed by atoms with Gasteiger partial charge in [0.15, 0.2) is 0 Å². The molecule has 0 saturated heterocycles. The van der Waals surface area contributed by atoms with Crippen molar-refractivity contribution in [1.82, 2.24) is 5.32 Å². The van der Waals surface area contributed by atoms with Crippen molar-refractivity contribution in [3.8, 4) is 0 Å². The molecule has 0 aliphatic rings. The lowest BCUT2D eigenvalue weighted by atomic mass is 10.1.